The molecule has 0 radical (unpaired) electrons. The van der Waals surface area contributed by atoms with Gasteiger partial charge in [-0.05, 0) is 38.1 Å². The number of hydrogen-bond acceptors (Lipinski definition) is 6. The molecule has 0 spiro atoms. The van der Waals surface area contributed by atoms with Crippen molar-refractivity contribution in [2.75, 3.05) is 24.8 Å². The van der Waals surface area contributed by atoms with Crippen LogP contribution in [0.4, 0.5) is 5.69 Å². The topological polar surface area (TPSA) is 90.3 Å². The van der Waals surface area contributed by atoms with Gasteiger partial charge >= 0.3 is 0 Å². The molecule has 0 bridgehead atoms. The number of methoxy groups -OCH3 is 1. The number of carbonyl (C=O) groups is 2. The van der Waals surface area contributed by atoms with Crippen LogP contribution in [0.2, 0.25) is 0 Å². The summed E-state index contributed by atoms with van der Waals surface area (Å²) < 4.78 is 6.78. The van der Waals surface area contributed by atoms with Gasteiger partial charge in [0.25, 0.3) is 5.56 Å². The molecule has 1 amide bonds. The van der Waals surface area contributed by atoms with E-state index in [4.69, 9.17) is 4.74 Å². The standard InChI is InChI=1S/C22H23N3O4S/c1-14(12-29-3)25-21(28)17-9-5-7-11-19(17)24-22(25)30-13-20(27)23-18-10-6-4-8-16(18)15(2)26/h4-11,14H,12-13H2,1-3H3,(H,23,27)/t14-/m0/s1. The molecule has 2 aromatic carbocycles. The predicted molar refractivity (Wildman–Crippen MR) is 118 cm³/mol. The minimum atomic E-state index is -0.290. The highest BCUT2D eigenvalue weighted by molar-refractivity contribution is 7.99. The lowest BCUT2D eigenvalue weighted by Gasteiger charge is -2.18. The Hall–Kier alpha value is -2.97. The summed E-state index contributed by atoms with van der Waals surface area (Å²) in [5.74, 6) is -0.379. The lowest BCUT2D eigenvalue weighted by Crippen LogP contribution is -2.29. The zero-order valence-electron chi connectivity index (χ0n) is 17.0. The van der Waals surface area contributed by atoms with E-state index < -0.39 is 0 Å². The number of ketones is 1. The van der Waals surface area contributed by atoms with Crippen molar-refractivity contribution in [3.63, 3.8) is 0 Å². The highest BCUT2D eigenvalue weighted by Gasteiger charge is 2.18. The number of hydrogen-bond donors (Lipinski definition) is 1. The zero-order valence-corrected chi connectivity index (χ0v) is 17.9. The molecule has 3 rings (SSSR count). The van der Waals surface area contributed by atoms with Gasteiger partial charge in [-0.1, -0.05) is 36.0 Å². The van der Waals surface area contributed by atoms with Crippen LogP contribution < -0.4 is 10.9 Å². The van der Waals surface area contributed by atoms with E-state index in [9.17, 15) is 14.4 Å². The van der Waals surface area contributed by atoms with Crippen LogP contribution in [-0.4, -0.2) is 40.7 Å². The van der Waals surface area contributed by atoms with E-state index in [1.807, 2.05) is 13.0 Å². The molecule has 1 atom stereocenters. The number of para-hydroxylation sites is 2. The first-order valence-corrected chi connectivity index (χ1v) is 10.4. The maximum atomic E-state index is 13.0. The number of rotatable bonds is 8. The summed E-state index contributed by atoms with van der Waals surface area (Å²) in [5.41, 5.74) is 1.32. The summed E-state index contributed by atoms with van der Waals surface area (Å²) in [6.45, 7) is 3.66. The molecule has 0 aliphatic carbocycles. The lowest BCUT2D eigenvalue weighted by atomic mass is 10.1. The van der Waals surface area contributed by atoms with Crippen molar-refractivity contribution in [1.29, 1.82) is 0 Å². The molecule has 0 saturated carbocycles. The minimum Gasteiger partial charge on any atom is -0.383 e. The zero-order chi connectivity index (χ0) is 21.7. The van der Waals surface area contributed by atoms with Crippen LogP contribution in [0.15, 0.2) is 58.5 Å². The van der Waals surface area contributed by atoms with Crippen LogP contribution >= 0.6 is 11.8 Å². The molecular weight excluding hydrogens is 402 g/mol. The molecule has 0 fully saturated rings. The normalized spacial score (nSPS) is 12.0. The number of ether oxygens (including phenoxy) is 1. The van der Waals surface area contributed by atoms with E-state index in [0.29, 0.717) is 33.9 Å². The second-order valence-corrected chi connectivity index (χ2v) is 7.77. The third-order valence-electron chi connectivity index (χ3n) is 4.54. The highest BCUT2D eigenvalue weighted by atomic mass is 32.2. The summed E-state index contributed by atoms with van der Waals surface area (Å²) in [4.78, 5) is 41.9. The Morgan fingerprint density at radius 1 is 1.17 bits per heavy atom. The van der Waals surface area contributed by atoms with E-state index in [2.05, 4.69) is 10.3 Å². The summed E-state index contributed by atoms with van der Waals surface area (Å²) in [6.07, 6.45) is 0. The second-order valence-electron chi connectivity index (χ2n) is 6.83. The maximum Gasteiger partial charge on any atom is 0.262 e. The fraction of sp³-hybridized carbons (Fsp3) is 0.273. The van der Waals surface area contributed by atoms with E-state index in [0.717, 1.165) is 0 Å². The molecule has 0 saturated heterocycles. The molecule has 0 aliphatic heterocycles. The number of nitrogens with zero attached hydrogens (tertiary/aromatic N) is 2. The van der Waals surface area contributed by atoms with Gasteiger partial charge in [0, 0.05) is 12.7 Å². The number of Topliss-reactive ketones (excluding diaryl/α,β-unsaturated/α-hetero) is 1. The van der Waals surface area contributed by atoms with Crippen LogP contribution in [0.5, 0.6) is 0 Å². The molecule has 30 heavy (non-hydrogen) atoms. The van der Waals surface area contributed by atoms with E-state index >= 15 is 0 Å². The number of nitrogens with one attached hydrogen (secondary N) is 1. The Labute approximate surface area is 178 Å². The van der Waals surface area contributed by atoms with Crippen molar-refractivity contribution in [2.45, 2.75) is 25.0 Å². The molecule has 8 heteroatoms. The van der Waals surface area contributed by atoms with Gasteiger partial charge in [0.2, 0.25) is 5.91 Å². The highest BCUT2D eigenvalue weighted by Crippen LogP contribution is 2.22. The fourth-order valence-corrected chi connectivity index (χ4v) is 4.04. The summed E-state index contributed by atoms with van der Waals surface area (Å²) in [5, 5.41) is 3.73. The summed E-state index contributed by atoms with van der Waals surface area (Å²) >= 11 is 1.17. The van der Waals surface area contributed by atoms with E-state index in [1.54, 1.807) is 54.1 Å². The van der Waals surface area contributed by atoms with Crippen LogP contribution in [0.1, 0.15) is 30.2 Å². The minimum absolute atomic E-state index is 0.0384. The third kappa shape index (κ3) is 4.77. The van der Waals surface area contributed by atoms with Crippen LogP contribution in [0.3, 0.4) is 0 Å². The molecule has 1 aromatic heterocycles. The van der Waals surface area contributed by atoms with Crippen LogP contribution in [0, 0.1) is 0 Å². The van der Waals surface area contributed by atoms with Gasteiger partial charge in [0.15, 0.2) is 10.9 Å². The first kappa shape index (κ1) is 21.7. The smallest absolute Gasteiger partial charge is 0.262 e. The van der Waals surface area contributed by atoms with Crippen LogP contribution in [0.25, 0.3) is 10.9 Å². The molecule has 7 nitrogen and oxygen atoms in total. The van der Waals surface area contributed by atoms with Gasteiger partial charge in [0.05, 0.1) is 35.0 Å². The number of amides is 1. The molecule has 0 aliphatic rings. The van der Waals surface area contributed by atoms with Gasteiger partial charge in [0.1, 0.15) is 0 Å². The van der Waals surface area contributed by atoms with Crippen molar-refractivity contribution >= 4 is 40.0 Å². The average molecular weight is 426 g/mol. The van der Waals surface area contributed by atoms with Crippen molar-refractivity contribution in [2.24, 2.45) is 0 Å². The monoisotopic (exact) mass is 425 g/mol. The van der Waals surface area contributed by atoms with Gasteiger partial charge in [-0.2, -0.15) is 0 Å². The Bertz CT molecular complexity index is 1140. The van der Waals surface area contributed by atoms with Crippen molar-refractivity contribution in [1.82, 2.24) is 9.55 Å². The number of aromatic nitrogens is 2. The molecule has 0 unspecified atom stereocenters. The number of anilines is 1. The number of fused-ring (bicyclic) bond motifs is 1. The number of carbonyl (C=O) groups excluding carboxylic acids is 2. The first-order chi connectivity index (χ1) is 14.4. The Balaban J connectivity index is 1.86. The molecular formula is C22H23N3O4S. The van der Waals surface area contributed by atoms with Crippen LogP contribution in [-0.2, 0) is 9.53 Å². The van der Waals surface area contributed by atoms with Crippen molar-refractivity contribution < 1.29 is 14.3 Å². The van der Waals surface area contributed by atoms with Gasteiger partial charge < -0.3 is 10.1 Å². The quantitative estimate of drug-likeness (QED) is 0.337. The summed E-state index contributed by atoms with van der Waals surface area (Å²) in [7, 11) is 1.57. The van der Waals surface area contributed by atoms with Gasteiger partial charge in [-0.15, -0.1) is 0 Å². The summed E-state index contributed by atoms with van der Waals surface area (Å²) in [6, 6.07) is 13.7. The lowest BCUT2D eigenvalue weighted by molar-refractivity contribution is -0.113. The molecule has 156 valence electrons. The van der Waals surface area contributed by atoms with Crippen molar-refractivity contribution in [3.05, 3.63) is 64.4 Å². The molecule has 3 aromatic rings. The van der Waals surface area contributed by atoms with E-state index in [-0.39, 0.29) is 29.0 Å². The van der Waals surface area contributed by atoms with Crippen molar-refractivity contribution in [3.8, 4) is 0 Å². The Morgan fingerprint density at radius 2 is 1.87 bits per heavy atom. The first-order valence-electron chi connectivity index (χ1n) is 9.45. The number of benzene rings is 2. The third-order valence-corrected chi connectivity index (χ3v) is 5.49. The van der Waals surface area contributed by atoms with E-state index in [1.165, 1.54) is 18.7 Å². The average Bonchev–Trinajstić information content (AvgIpc) is 2.72. The molecule has 1 N–H and O–H groups in total. The molecule has 1 heterocycles. The Kier molecular flexibility index (Phi) is 7.02. The van der Waals surface area contributed by atoms with Gasteiger partial charge in [-0.25, -0.2) is 4.98 Å². The Morgan fingerprint density at radius 3 is 2.60 bits per heavy atom. The number of thioether (sulfide) groups is 1. The van der Waals surface area contributed by atoms with Gasteiger partial charge in [-0.3, -0.25) is 19.0 Å². The SMILES string of the molecule is COC[C@H](C)n1c(SCC(=O)Nc2ccccc2C(C)=O)nc2ccccc2c1=O. The largest absolute Gasteiger partial charge is 0.383 e. The second kappa shape index (κ2) is 9.69. The fourth-order valence-electron chi connectivity index (χ4n) is 3.15. The predicted octanol–water partition coefficient (Wildman–Crippen LogP) is 3.54. The maximum absolute atomic E-state index is 13.0.